The van der Waals surface area contributed by atoms with Crippen LogP contribution in [-0.4, -0.2) is 11.2 Å². The zero-order valence-corrected chi connectivity index (χ0v) is 4.26. The zero-order chi connectivity index (χ0) is 5.98. The van der Waals surface area contributed by atoms with Crippen LogP contribution < -0.4 is 0 Å². The summed E-state index contributed by atoms with van der Waals surface area (Å²) in [5.41, 5.74) is 0.576. The highest BCUT2D eigenvalue weighted by Crippen LogP contribution is 2.18. The van der Waals surface area contributed by atoms with Crippen molar-refractivity contribution < 1.29 is 14.9 Å². The summed E-state index contributed by atoms with van der Waals surface area (Å²) in [5, 5.41) is 7.78. The highest BCUT2D eigenvalue weighted by molar-refractivity contribution is 5.89. The van der Waals surface area contributed by atoms with E-state index in [9.17, 15) is 4.79 Å². The molecule has 1 aliphatic rings. The third kappa shape index (κ3) is 0.721. The minimum Gasteiger partial charge on any atom is -0.296 e. The van der Waals surface area contributed by atoms with Crippen LogP contribution in [0.15, 0.2) is 11.6 Å². The van der Waals surface area contributed by atoms with Gasteiger partial charge in [-0.15, -0.1) is 0 Å². The molecule has 3 heteroatoms. The first-order valence-corrected chi connectivity index (χ1v) is 2.39. The van der Waals surface area contributed by atoms with Crippen molar-refractivity contribution in [1.29, 1.82) is 0 Å². The van der Waals surface area contributed by atoms with Gasteiger partial charge >= 0.3 is 5.97 Å². The lowest BCUT2D eigenvalue weighted by Gasteiger charge is -2.08. The topological polar surface area (TPSA) is 46.5 Å². The van der Waals surface area contributed by atoms with E-state index in [4.69, 9.17) is 5.26 Å². The molecule has 0 fully saturated rings. The summed E-state index contributed by atoms with van der Waals surface area (Å²) in [6.07, 6.45) is 3.39. The van der Waals surface area contributed by atoms with Crippen molar-refractivity contribution in [2.45, 2.75) is 12.8 Å². The maximum Gasteiger partial charge on any atom is 0.368 e. The van der Waals surface area contributed by atoms with Crippen molar-refractivity contribution in [3.8, 4) is 0 Å². The molecule has 0 aromatic carbocycles. The van der Waals surface area contributed by atoms with Gasteiger partial charge in [0, 0.05) is 5.57 Å². The van der Waals surface area contributed by atoms with Crippen LogP contribution in [0.25, 0.3) is 0 Å². The highest BCUT2D eigenvalue weighted by atomic mass is 17.1. The molecule has 0 bridgehead atoms. The lowest BCUT2D eigenvalue weighted by Crippen LogP contribution is -2.09. The summed E-state index contributed by atoms with van der Waals surface area (Å²) in [5.74, 6) is -0.615. The molecule has 0 aromatic rings. The second kappa shape index (κ2) is 1.96. The molecule has 0 unspecified atom stereocenters. The van der Waals surface area contributed by atoms with Crippen molar-refractivity contribution in [1.82, 2.24) is 0 Å². The minimum atomic E-state index is -0.615. The van der Waals surface area contributed by atoms with Gasteiger partial charge in [-0.3, -0.25) is 4.89 Å². The number of carbonyl (C=O) groups is 1. The Labute approximate surface area is 46.5 Å². The molecule has 1 N–H and O–H groups in total. The number of hydrogen-bond acceptors (Lipinski definition) is 3. The molecule has 8 heavy (non-hydrogen) atoms. The Morgan fingerprint density at radius 1 is 1.88 bits per heavy atom. The first kappa shape index (κ1) is 5.31. The Morgan fingerprint density at radius 3 is 2.62 bits per heavy atom. The van der Waals surface area contributed by atoms with Gasteiger partial charge in [-0.05, 0) is 12.8 Å². The predicted octanol–water partition coefficient (Wildman–Crippen LogP) is 0.723. The summed E-state index contributed by atoms with van der Waals surface area (Å²) >= 11 is 0. The fourth-order valence-corrected chi connectivity index (χ4v) is 0.533. The van der Waals surface area contributed by atoms with Gasteiger partial charge in [0.05, 0.1) is 0 Å². The van der Waals surface area contributed by atoms with Gasteiger partial charge in [0.25, 0.3) is 0 Å². The van der Waals surface area contributed by atoms with E-state index < -0.39 is 5.97 Å². The molecule has 44 valence electrons. The molecular weight excluding hydrogens is 108 g/mol. The third-order valence-corrected chi connectivity index (χ3v) is 1.15. The molecule has 0 aliphatic heterocycles. The lowest BCUT2D eigenvalue weighted by molar-refractivity contribution is -0.229. The molecule has 1 aliphatic carbocycles. The Bertz CT molecular complexity index is 137. The van der Waals surface area contributed by atoms with Crippen LogP contribution >= 0.6 is 0 Å². The van der Waals surface area contributed by atoms with Gasteiger partial charge in [-0.25, -0.2) is 4.79 Å². The van der Waals surface area contributed by atoms with Gasteiger partial charge in [0.2, 0.25) is 0 Å². The molecule has 3 nitrogen and oxygen atoms in total. The molecular formula is C5H6O3. The average molecular weight is 114 g/mol. The number of allylic oxidation sites excluding steroid dienone is 1. The molecule has 0 saturated carbocycles. The quantitative estimate of drug-likeness (QED) is 0.403. The molecule has 0 heterocycles. The van der Waals surface area contributed by atoms with E-state index in [-0.39, 0.29) is 0 Å². The van der Waals surface area contributed by atoms with Gasteiger partial charge in [0.1, 0.15) is 0 Å². The van der Waals surface area contributed by atoms with Crippen LogP contribution in [0.5, 0.6) is 0 Å². The van der Waals surface area contributed by atoms with E-state index in [0.717, 1.165) is 12.8 Å². The Balaban J connectivity index is 2.47. The van der Waals surface area contributed by atoms with E-state index in [1.165, 1.54) is 0 Å². The average Bonchev–Trinajstić information content (AvgIpc) is 1.62. The summed E-state index contributed by atoms with van der Waals surface area (Å²) < 4.78 is 0. The van der Waals surface area contributed by atoms with Crippen LogP contribution in [0.2, 0.25) is 0 Å². The number of hydrogen-bond donors (Lipinski definition) is 1. The summed E-state index contributed by atoms with van der Waals surface area (Å²) in [6, 6.07) is 0. The van der Waals surface area contributed by atoms with Crippen LogP contribution in [0.3, 0.4) is 0 Å². The second-order valence-corrected chi connectivity index (χ2v) is 1.65. The minimum absolute atomic E-state index is 0.576. The third-order valence-electron chi connectivity index (χ3n) is 1.15. The maximum absolute atomic E-state index is 10.3. The van der Waals surface area contributed by atoms with E-state index in [1.54, 1.807) is 6.08 Å². The van der Waals surface area contributed by atoms with Crippen LogP contribution in [0.1, 0.15) is 12.8 Å². The summed E-state index contributed by atoms with van der Waals surface area (Å²) in [7, 11) is 0. The standard InChI is InChI=1S/C5H6O3/c6-5(8-7)4-2-1-3-4/h2,7H,1,3H2. The summed E-state index contributed by atoms with van der Waals surface area (Å²) in [4.78, 5) is 13.7. The van der Waals surface area contributed by atoms with Gasteiger partial charge in [-0.2, -0.15) is 5.26 Å². The smallest absolute Gasteiger partial charge is 0.296 e. The van der Waals surface area contributed by atoms with Crippen LogP contribution in [0.4, 0.5) is 0 Å². The van der Waals surface area contributed by atoms with E-state index >= 15 is 0 Å². The Hall–Kier alpha value is -0.830. The Kier molecular flexibility index (Phi) is 1.30. The van der Waals surface area contributed by atoms with E-state index in [0.29, 0.717) is 5.57 Å². The number of rotatable bonds is 1. The van der Waals surface area contributed by atoms with Crippen molar-refractivity contribution in [2.24, 2.45) is 0 Å². The fourth-order valence-electron chi connectivity index (χ4n) is 0.533. The first-order chi connectivity index (χ1) is 3.84. The fraction of sp³-hybridized carbons (Fsp3) is 0.400. The van der Waals surface area contributed by atoms with Gasteiger partial charge < -0.3 is 0 Å². The van der Waals surface area contributed by atoms with Crippen LogP contribution in [0, 0.1) is 0 Å². The number of carbonyl (C=O) groups excluding carboxylic acids is 1. The molecule has 0 spiro atoms. The largest absolute Gasteiger partial charge is 0.368 e. The molecule has 0 atom stereocenters. The van der Waals surface area contributed by atoms with Gasteiger partial charge in [-0.1, -0.05) is 6.08 Å². The van der Waals surface area contributed by atoms with Crippen molar-refractivity contribution >= 4 is 5.97 Å². The Morgan fingerprint density at radius 2 is 2.50 bits per heavy atom. The zero-order valence-electron chi connectivity index (χ0n) is 4.26. The predicted molar refractivity (Wildman–Crippen MR) is 26.0 cm³/mol. The monoisotopic (exact) mass is 114 g/mol. The molecule has 1 rings (SSSR count). The van der Waals surface area contributed by atoms with Crippen molar-refractivity contribution in [3.63, 3.8) is 0 Å². The van der Waals surface area contributed by atoms with E-state index in [1.807, 2.05) is 0 Å². The normalized spacial score (nSPS) is 16.4. The van der Waals surface area contributed by atoms with Crippen molar-refractivity contribution in [2.75, 3.05) is 0 Å². The molecule has 0 radical (unpaired) electrons. The van der Waals surface area contributed by atoms with Crippen LogP contribution in [-0.2, 0) is 9.68 Å². The molecule has 0 amide bonds. The van der Waals surface area contributed by atoms with Gasteiger partial charge in [0.15, 0.2) is 0 Å². The first-order valence-electron chi connectivity index (χ1n) is 2.39. The molecule has 0 aromatic heterocycles. The summed E-state index contributed by atoms with van der Waals surface area (Å²) in [6.45, 7) is 0. The lowest BCUT2D eigenvalue weighted by atomic mass is 10.00. The van der Waals surface area contributed by atoms with E-state index in [2.05, 4.69) is 4.89 Å². The van der Waals surface area contributed by atoms with Crippen molar-refractivity contribution in [3.05, 3.63) is 11.6 Å². The maximum atomic E-state index is 10.3. The highest BCUT2D eigenvalue weighted by Gasteiger charge is 2.15. The second-order valence-electron chi connectivity index (χ2n) is 1.65. The SMILES string of the molecule is O=C(OO)C1=CCC1. The molecule has 0 saturated heterocycles.